The summed E-state index contributed by atoms with van der Waals surface area (Å²) in [5.41, 5.74) is 0.857. The zero-order valence-corrected chi connectivity index (χ0v) is 14.7. The van der Waals surface area contributed by atoms with E-state index in [1.54, 1.807) is 34.1 Å². The highest BCUT2D eigenvalue weighted by molar-refractivity contribution is 5.97. The Bertz CT molecular complexity index is 774. The summed E-state index contributed by atoms with van der Waals surface area (Å²) in [4.78, 5) is 38.6. The summed E-state index contributed by atoms with van der Waals surface area (Å²) in [5, 5.41) is 12.1. The molecule has 1 aromatic rings. The van der Waals surface area contributed by atoms with Gasteiger partial charge in [-0.1, -0.05) is 6.07 Å². The summed E-state index contributed by atoms with van der Waals surface area (Å²) in [6.07, 6.45) is 1.32. The first kappa shape index (κ1) is 19.0. The lowest BCUT2D eigenvalue weighted by molar-refractivity contribution is -0.136. The van der Waals surface area contributed by atoms with Crippen LogP contribution in [0.3, 0.4) is 0 Å². The fourth-order valence-corrected chi connectivity index (χ4v) is 2.55. The molecule has 2 amide bonds. The average Bonchev–Trinajstić information content (AvgIpc) is 2.67. The van der Waals surface area contributed by atoms with Gasteiger partial charge >= 0.3 is 5.97 Å². The Morgan fingerprint density at radius 1 is 1.19 bits per heavy atom. The third kappa shape index (κ3) is 4.60. The SMILES string of the molecule is COC(=O)c1cccc(N/C=C(/C#N)C(=O)N2CCN(C(C)=O)CC2)c1. The molecule has 8 heteroatoms. The van der Waals surface area contributed by atoms with Crippen LogP contribution < -0.4 is 5.32 Å². The van der Waals surface area contributed by atoms with Crippen LogP contribution in [0, 0.1) is 11.3 Å². The van der Waals surface area contributed by atoms with Crippen LogP contribution in [0.5, 0.6) is 0 Å². The second-order valence-electron chi connectivity index (χ2n) is 5.68. The summed E-state index contributed by atoms with van der Waals surface area (Å²) >= 11 is 0. The molecule has 136 valence electrons. The van der Waals surface area contributed by atoms with Crippen molar-refractivity contribution in [2.24, 2.45) is 0 Å². The van der Waals surface area contributed by atoms with E-state index in [-0.39, 0.29) is 11.5 Å². The van der Waals surface area contributed by atoms with E-state index in [0.717, 1.165) is 0 Å². The van der Waals surface area contributed by atoms with Gasteiger partial charge in [-0.15, -0.1) is 0 Å². The van der Waals surface area contributed by atoms with Gasteiger partial charge in [-0.05, 0) is 18.2 Å². The second-order valence-corrected chi connectivity index (χ2v) is 5.68. The number of anilines is 1. The van der Waals surface area contributed by atoms with Crippen molar-refractivity contribution in [3.8, 4) is 6.07 Å². The Kier molecular flexibility index (Phi) is 6.33. The molecule has 1 aliphatic rings. The van der Waals surface area contributed by atoms with Crippen LogP contribution in [0.2, 0.25) is 0 Å². The Hall–Kier alpha value is -3.34. The lowest BCUT2D eigenvalue weighted by Gasteiger charge is -2.34. The number of nitrogens with zero attached hydrogens (tertiary/aromatic N) is 3. The Balaban J connectivity index is 2.04. The van der Waals surface area contributed by atoms with Crippen LogP contribution in [-0.2, 0) is 14.3 Å². The van der Waals surface area contributed by atoms with Gasteiger partial charge in [-0.2, -0.15) is 5.26 Å². The summed E-state index contributed by atoms with van der Waals surface area (Å²) in [6, 6.07) is 8.42. The summed E-state index contributed by atoms with van der Waals surface area (Å²) in [6.45, 7) is 3.16. The Morgan fingerprint density at radius 2 is 1.85 bits per heavy atom. The number of rotatable bonds is 4. The standard InChI is InChI=1S/C18H20N4O4/c1-13(23)21-6-8-22(9-7-21)17(24)15(11-19)12-20-16-5-3-4-14(10-16)18(25)26-2/h3-5,10,12,20H,6-9H2,1-2H3/b15-12-. The zero-order valence-electron chi connectivity index (χ0n) is 14.7. The number of piperazine rings is 1. The minimum Gasteiger partial charge on any atom is -0.465 e. The molecule has 2 rings (SSSR count). The van der Waals surface area contributed by atoms with Gasteiger partial charge in [0.1, 0.15) is 11.6 Å². The first-order valence-corrected chi connectivity index (χ1v) is 8.06. The summed E-state index contributed by atoms with van der Waals surface area (Å²) < 4.78 is 4.66. The van der Waals surface area contributed by atoms with Crippen LogP contribution in [0.4, 0.5) is 5.69 Å². The van der Waals surface area contributed by atoms with E-state index in [1.165, 1.54) is 20.2 Å². The summed E-state index contributed by atoms with van der Waals surface area (Å²) in [7, 11) is 1.29. The van der Waals surface area contributed by atoms with Crippen LogP contribution in [0.25, 0.3) is 0 Å². The van der Waals surface area contributed by atoms with Crippen molar-refractivity contribution >= 4 is 23.5 Å². The van der Waals surface area contributed by atoms with E-state index >= 15 is 0 Å². The lowest BCUT2D eigenvalue weighted by atomic mass is 10.2. The van der Waals surface area contributed by atoms with Gasteiger partial charge in [0.2, 0.25) is 5.91 Å². The highest BCUT2D eigenvalue weighted by Crippen LogP contribution is 2.13. The fraction of sp³-hybridized carbons (Fsp3) is 0.333. The predicted molar refractivity (Wildman–Crippen MR) is 93.9 cm³/mol. The predicted octanol–water partition coefficient (Wildman–Crippen LogP) is 0.983. The van der Waals surface area contributed by atoms with Crippen molar-refractivity contribution in [2.75, 3.05) is 38.6 Å². The maximum Gasteiger partial charge on any atom is 0.337 e. The lowest BCUT2D eigenvalue weighted by Crippen LogP contribution is -2.50. The highest BCUT2D eigenvalue weighted by atomic mass is 16.5. The molecule has 0 atom stereocenters. The number of carbonyl (C=O) groups is 3. The van der Waals surface area contributed by atoms with E-state index in [2.05, 4.69) is 10.1 Å². The molecule has 0 aliphatic carbocycles. The van der Waals surface area contributed by atoms with Crippen molar-refractivity contribution in [3.63, 3.8) is 0 Å². The molecule has 1 N–H and O–H groups in total. The molecule has 0 aromatic heterocycles. The molecule has 0 saturated carbocycles. The molecule has 1 saturated heterocycles. The third-order valence-electron chi connectivity index (χ3n) is 4.03. The number of hydrogen-bond donors (Lipinski definition) is 1. The van der Waals surface area contributed by atoms with E-state index in [1.807, 2.05) is 6.07 Å². The number of methoxy groups -OCH3 is 1. The van der Waals surface area contributed by atoms with E-state index < -0.39 is 11.9 Å². The molecule has 0 bridgehead atoms. The molecule has 0 radical (unpaired) electrons. The topological polar surface area (TPSA) is 103 Å². The zero-order chi connectivity index (χ0) is 19.1. The number of carbonyl (C=O) groups excluding carboxylic acids is 3. The third-order valence-corrected chi connectivity index (χ3v) is 4.03. The summed E-state index contributed by atoms with van der Waals surface area (Å²) in [5.74, 6) is -0.898. The van der Waals surface area contributed by atoms with Gasteiger partial charge in [-0.3, -0.25) is 9.59 Å². The molecular formula is C18H20N4O4. The highest BCUT2D eigenvalue weighted by Gasteiger charge is 2.24. The van der Waals surface area contributed by atoms with Crippen molar-refractivity contribution < 1.29 is 19.1 Å². The van der Waals surface area contributed by atoms with Gasteiger partial charge in [0.05, 0.1) is 12.7 Å². The van der Waals surface area contributed by atoms with Gasteiger partial charge in [0.15, 0.2) is 0 Å². The fourth-order valence-electron chi connectivity index (χ4n) is 2.55. The van der Waals surface area contributed by atoms with Crippen molar-refractivity contribution in [3.05, 3.63) is 41.6 Å². The maximum absolute atomic E-state index is 12.5. The quantitative estimate of drug-likeness (QED) is 0.490. The van der Waals surface area contributed by atoms with Gasteiger partial charge in [0, 0.05) is 45.0 Å². The maximum atomic E-state index is 12.5. The number of benzene rings is 1. The smallest absolute Gasteiger partial charge is 0.337 e. The number of amides is 2. The molecule has 0 spiro atoms. The van der Waals surface area contributed by atoms with Crippen LogP contribution in [-0.4, -0.2) is 60.9 Å². The molecule has 8 nitrogen and oxygen atoms in total. The molecule has 1 fully saturated rings. The molecule has 1 aliphatic heterocycles. The van der Waals surface area contributed by atoms with Crippen LogP contribution in [0.1, 0.15) is 17.3 Å². The van der Waals surface area contributed by atoms with Gasteiger partial charge in [-0.25, -0.2) is 4.79 Å². The average molecular weight is 356 g/mol. The van der Waals surface area contributed by atoms with E-state index in [0.29, 0.717) is 37.4 Å². The molecule has 0 unspecified atom stereocenters. The van der Waals surface area contributed by atoms with E-state index in [4.69, 9.17) is 0 Å². The number of esters is 1. The molecular weight excluding hydrogens is 336 g/mol. The number of hydrogen-bond acceptors (Lipinski definition) is 6. The first-order chi connectivity index (χ1) is 12.5. The molecule has 1 heterocycles. The Labute approximate surface area is 151 Å². The number of ether oxygens (including phenoxy) is 1. The van der Waals surface area contributed by atoms with Gasteiger partial charge in [0.25, 0.3) is 5.91 Å². The minimum absolute atomic E-state index is 0.0275. The van der Waals surface area contributed by atoms with Crippen molar-refractivity contribution in [1.82, 2.24) is 9.80 Å². The van der Waals surface area contributed by atoms with Crippen LogP contribution in [0.15, 0.2) is 36.0 Å². The normalized spacial score (nSPS) is 14.4. The van der Waals surface area contributed by atoms with E-state index in [9.17, 15) is 19.6 Å². The Morgan fingerprint density at radius 3 is 2.42 bits per heavy atom. The van der Waals surface area contributed by atoms with Crippen molar-refractivity contribution in [1.29, 1.82) is 5.26 Å². The van der Waals surface area contributed by atoms with Gasteiger partial charge < -0.3 is 19.9 Å². The minimum atomic E-state index is -0.474. The largest absolute Gasteiger partial charge is 0.465 e. The molecule has 1 aromatic carbocycles. The first-order valence-electron chi connectivity index (χ1n) is 8.06. The number of nitrogens with one attached hydrogen (secondary N) is 1. The number of nitriles is 1. The second kappa shape index (κ2) is 8.67. The van der Waals surface area contributed by atoms with Crippen LogP contribution >= 0.6 is 0 Å². The molecule has 26 heavy (non-hydrogen) atoms. The monoisotopic (exact) mass is 356 g/mol. The van der Waals surface area contributed by atoms with Crippen molar-refractivity contribution in [2.45, 2.75) is 6.92 Å².